The van der Waals surface area contributed by atoms with Crippen molar-refractivity contribution in [3.8, 4) is 41.9 Å². The molecule has 0 radical (unpaired) electrons. The minimum Gasteiger partial charge on any atom is -0.497 e. The highest BCUT2D eigenvalue weighted by molar-refractivity contribution is 6.09. The Morgan fingerprint density at radius 3 is 1.78 bits per heavy atom. The summed E-state index contributed by atoms with van der Waals surface area (Å²) in [6, 6.07) is 26.2. The molecule has 0 heterocycles. The molecule has 3 nitrogen and oxygen atoms in total. The van der Waals surface area contributed by atoms with Gasteiger partial charge in [0.2, 0.25) is 0 Å². The van der Waals surface area contributed by atoms with Crippen molar-refractivity contribution in [3.05, 3.63) is 124 Å². The molecule has 4 rings (SSSR count). The van der Waals surface area contributed by atoms with Crippen LogP contribution in [-0.4, -0.2) is 12.9 Å². The minimum atomic E-state index is -0.313. The monoisotopic (exact) mass is 484 g/mol. The van der Waals surface area contributed by atoms with E-state index in [4.69, 9.17) is 22.3 Å². The van der Waals surface area contributed by atoms with Crippen molar-refractivity contribution in [1.82, 2.24) is 0 Å². The maximum Gasteiger partial charge on any atom is 0.193 e. The third-order valence-corrected chi connectivity index (χ3v) is 6.67. The number of terminal acetylenes is 2. The van der Waals surface area contributed by atoms with E-state index in [1.54, 1.807) is 55.6 Å². The largest absolute Gasteiger partial charge is 0.497 e. The molecule has 3 heteroatoms. The number of carbonyl (C=O) groups excluding carboxylic acids is 1. The zero-order valence-electron chi connectivity index (χ0n) is 21.5. The number of ether oxygens (including phenoxy) is 2. The lowest BCUT2D eigenvalue weighted by Crippen LogP contribution is -2.19. The Morgan fingerprint density at radius 1 is 0.730 bits per heavy atom. The van der Waals surface area contributed by atoms with Gasteiger partial charge in [-0.2, -0.15) is 0 Å². The smallest absolute Gasteiger partial charge is 0.193 e. The Labute approximate surface area is 219 Å². The molecule has 0 aliphatic heterocycles. The summed E-state index contributed by atoms with van der Waals surface area (Å²) in [4.78, 5) is 12.8. The first-order valence-electron chi connectivity index (χ1n) is 11.9. The molecule has 0 bridgehead atoms. The number of rotatable bonds is 7. The summed E-state index contributed by atoms with van der Waals surface area (Å²) < 4.78 is 11.3. The lowest BCUT2D eigenvalue weighted by Gasteiger charge is -2.27. The second-order valence-corrected chi connectivity index (χ2v) is 9.34. The van der Waals surface area contributed by atoms with E-state index < -0.39 is 0 Å². The van der Waals surface area contributed by atoms with E-state index in [0.717, 1.165) is 22.3 Å². The van der Waals surface area contributed by atoms with Crippen LogP contribution in [0.2, 0.25) is 0 Å². The van der Waals surface area contributed by atoms with Crippen molar-refractivity contribution in [1.29, 1.82) is 0 Å². The molecule has 0 spiro atoms. The van der Waals surface area contributed by atoms with Crippen molar-refractivity contribution in [2.75, 3.05) is 7.11 Å². The van der Waals surface area contributed by atoms with E-state index in [9.17, 15) is 4.79 Å². The average Bonchev–Trinajstić information content (AvgIpc) is 2.93. The van der Waals surface area contributed by atoms with Gasteiger partial charge in [0, 0.05) is 22.1 Å². The zero-order valence-corrected chi connectivity index (χ0v) is 21.5. The van der Waals surface area contributed by atoms with Gasteiger partial charge in [-0.1, -0.05) is 43.9 Å². The van der Waals surface area contributed by atoms with Crippen LogP contribution in [0.15, 0.2) is 84.9 Å². The van der Waals surface area contributed by atoms with Gasteiger partial charge >= 0.3 is 0 Å². The lowest BCUT2D eigenvalue weighted by molar-refractivity contribution is 0.103. The Hall–Kier alpha value is -4.73. The quantitative estimate of drug-likeness (QED) is 0.204. The van der Waals surface area contributed by atoms with Crippen LogP contribution >= 0.6 is 0 Å². The first-order chi connectivity index (χ1) is 17.8. The highest BCUT2D eigenvalue weighted by Gasteiger charge is 2.25. The minimum absolute atomic E-state index is 0.0748. The van der Waals surface area contributed by atoms with Gasteiger partial charge < -0.3 is 9.47 Å². The van der Waals surface area contributed by atoms with E-state index in [1.165, 1.54) is 0 Å². The summed E-state index contributed by atoms with van der Waals surface area (Å²) in [5.41, 5.74) is 5.62. The van der Waals surface area contributed by atoms with Crippen molar-refractivity contribution in [2.45, 2.75) is 26.2 Å². The molecule has 0 saturated heterocycles. The van der Waals surface area contributed by atoms with Crippen LogP contribution in [0, 0.1) is 31.6 Å². The maximum absolute atomic E-state index is 12.8. The van der Waals surface area contributed by atoms with Gasteiger partial charge in [0.05, 0.1) is 12.7 Å². The summed E-state index contributed by atoms with van der Waals surface area (Å²) in [5, 5.41) is 0. The van der Waals surface area contributed by atoms with Crippen molar-refractivity contribution >= 4 is 5.78 Å². The summed E-state index contributed by atoms with van der Waals surface area (Å²) in [7, 11) is 1.59. The van der Waals surface area contributed by atoms with Crippen LogP contribution in [0.1, 0.15) is 57.6 Å². The maximum atomic E-state index is 12.8. The van der Waals surface area contributed by atoms with Gasteiger partial charge in [0.25, 0.3) is 0 Å². The summed E-state index contributed by atoms with van der Waals surface area (Å²) in [6.45, 7) is 6.30. The molecular formula is C34H28O3. The summed E-state index contributed by atoms with van der Waals surface area (Å²) >= 11 is 0. The van der Waals surface area contributed by atoms with Crippen LogP contribution in [-0.2, 0) is 5.41 Å². The average molecular weight is 485 g/mol. The SMILES string of the molecule is C#Cc1cc(C(C)(C)c2ccc(Oc3ccc(C(=O)c4ccc(OC)cc4)cc3)c(C#C)c2)ccc1C. The van der Waals surface area contributed by atoms with E-state index in [0.29, 0.717) is 33.9 Å². The van der Waals surface area contributed by atoms with Gasteiger partial charge in [0.1, 0.15) is 17.2 Å². The number of benzene rings is 4. The third kappa shape index (κ3) is 5.27. The molecule has 0 aliphatic rings. The molecule has 0 amide bonds. The first-order valence-corrected chi connectivity index (χ1v) is 11.9. The topological polar surface area (TPSA) is 35.5 Å². The third-order valence-electron chi connectivity index (χ3n) is 6.67. The van der Waals surface area contributed by atoms with Gasteiger partial charge in [-0.05, 0) is 90.3 Å². The molecule has 4 aromatic carbocycles. The Kier molecular flexibility index (Phi) is 7.19. The molecule has 4 aromatic rings. The lowest BCUT2D eigenvalue weighted by atomic mass is 9.77. The molecule has 0 atom stereocenters. The van der Waals surface area contributed by atoms with Crippen molar-refractivity contribution in [2.24, 2.45) is 0 Å². The Morgan fingerprint density at radius 2 is 1.24 bits per heavy atom. The fraction of sp³-hybridized carbons (Fsp3) is 0.147. The van der Waals surface area contributed by atoms with Crippen molar-refractivity contribution in [3.63, 3.8) is 0 Å². The molecule has 182 valence electrons. The standard InChI is InChI=1S/C34H28O3/c1-7-24-21-28(14-9-23(24)3)34(4,5)29-15-20-32(25(8-2)22-29)37-31-18-12-27(13-19-31)33(35)26-10-16-30(36-6)17-11-26/h1-2,9-22H,3-6H3. The molecule has 0 N–H and O–H groups in total. The van der Waals surface area contributed by atoms with Crippen molar-refractivity contribution < 1.29 is 14.3 Å². The van der Waals surface area contributed by atoms with Crippen LogP contribution in [0.25, 0.3) is 0 Å². The number of ketones is 1. The zero-order chi connectivity index (χ0) is 26.6. The van der Waals surface area contributed by atoms with Gasteiger partial charge in [0.15, 0.2) is 5.78 Å². The second kappa shape index (κ2) is 10.5. The van der Waals surface area contributed by atoms with Crippen LogP contribution in [0.3, 0.4) is 0 Å². The fourth-order valence-corrected chi connectivity index (χ4v) is 4.16. The number of methoxy groups -OCH3 is 1. The molecule has 0 unspecified atom stereocenters. The van der Waals surface area contributed by atoms with E-state index >= 15 is 0 Å². The van der Waals surface area contributed by atoms with Gasteiger partial charge in [-0.3, -0.25) is 4.79 Å². The van der Waals surface area contributed by atoms with Crippen LogP contribution < -0.4 is 9.47 Å². The Balaban J connectivity index is 1.55. The molecule has 37 heavy (non-hydrogen) atoms. The predicted molar refractivity (Wildman–Crippen MR) is 149 cm³/mol. The first kappa shape index (κ1) is 25.4. The van der Waals surface area contributed by atoms with Crippen LogP contribution in [0.5, 0.6) is 17.2 Å². The molecule has 0 aromatic heterocycles. The number of aryl methyl sites for hydroxylation is 1. The molecule has 0 aliphatic carbocycles. The Bertz CT molecular complexity index is 1530. The molecule has 0 fully saturated rings. The second-order valence-electron chi connectivity index (χ2n) is 9.34. The van der Waals surface area contributed by atoms with E-state index in [1.807, 2.05) is 25.1 Å². The highest BCUT2D eigenvalue weighted by atomic mass is 16.5. The predicted octanol–water partition coefficient (Wildman–Crippen LogP) is 7.32. The van der Waals surface area contributed by atoms with E-state index in [2.05, 4.69) is 43.9 Å². The number of hydrogen-bond donors (Lipinski definition) is 0. The fourth-order valence-electron chi connectivity index (χ4n) is 4.16. The van der Waals surface area contributed by atoms with E-state index in [-0.39, 0.29) is 11.2 Å². The highest BCUT2D eigenvalue weighted by Crippen LogP contribution is 2.36. The summed E-state index contributed by atoms with van der Waals surface area (Å²) in [5.74, 6) is 7.31. The van der Waals surface area contributed by atoms with Crippen LogP contribution in [0.4, 0.5) is 0 Å². The number of hydrogen-bond acceptors (Lipinski definition) is 3. The number of carbonyl (C=O) groups is 1. The van der Waals surface area contributed by atoms with Gasteiger partial charge in [-0.15, -0.1) is 12.8 Å². The molecule has 0 saturated carbocycles. The summed E-state index contributed by atoms with van der Waals surface area (Å²) in [6.07, 6.45) is 11.5. The molecular weight excluding hydrogens is 456 g/mol. The van der Waals surface area contributed by atoms with Gasteiger partial charge in [-0.25, -0.2) is 0 Å². The normalized spacial score (nSPS) is 10.8.